The van der Waals surface area contributed by atoms with Gasteiger partial charge in [-0.05, 0) is 12.1 Å². The summed E-state index contributed by atoms with van der Waals surface area (Å²) < 4.78 is 10.3. The standard InChI is InChI=1S/C10H11NO3/c1-13-8-4-2-3-7-10(8)14-9(12)5-6-11-7/h2-4,11H,5-6H2,1H3. The summed E-state index contributed by atoms with van der Waals surface area (Å²) in [5.41, 5.74) is 0.801. The van der Waals surface area contributed by atoms with Crippen LogP contribution in [0.2, 0.25) is 0 Å². The minimum absolute atomic E-state index is 0.235. The van der Waals surface area contributed by atoms with Crippen molar-refractivity contribution in [3.63, 3.8) is 0 Å². The Hall–Kier alpha value is -1.71. The van der Waals surface area contributed by atoms with E-state index in [1.54, 1.807) is 13.2 Å². The van der Waals surface area contributed by atoms with Gasteiger partial charge in [-0.15, -0.1) is 0 Å². The summed E-state index contributed by atoms with van der Waals surface area (Å²) in [6.45, 7) is 0.596. The molecule has 0 amide bonds. The largest absolute Gasteiger partial charge is 0.493 e. The van der Waals surface area contributed by atoms with Crippen molar-refractivity contribution in [2.24, 2.45) is 0 Å². The number of fused-ring (bicyclic) bond motifs is 1. The molecular weight excluding hydrogens is 182 g/mol. The smallest absolute Gasteiger partial charge is 0.313 e. The monoisotopic (exact) mass is 193 g/mol. The van der Waals surface area contributed by atoms with Gasteiger partial charge in [-0.2, -0.15) is 0 Å². The number of nitrogens with one attached hydrogen (secondary N) is 1. The number of carbonyl (C=O) groups excluding carboxylic acids is 1. The molecule has 74 valence electrons. The van der Waals surface area contributed by atoms with Crippen LogP contribution in [0.3, 0.4) is 0 Å². The zero-order chi connectivity index (χ0) is 9.97. The molecule has 0 aromatic heterocycles. The third-order valence-electron chi connectivity index (χ3n) is 2.06. The van der Waals surface area contributed by atoms with E-state index in [1.807, 2.05) is 12.1 Å². The van der Waals surface area contributed by atoms with Gasteiger partial charge in [0.15, 0.2) is 11.5 Å². The predicted molar refractivity (Wildman–Crippen MR) is 51.7 cm³/mol. The maximum absolute atomic E-state index is 11.2. The Morgan fingerprint density at radius 3 is 3.14 bits per heavy atom. The molecule has 4 nitrogen and oxygen atoms in total. The van der Waals surface area contributed by atoms with Crippen LogP contribution in [0.25, 0.3) is 0 Å². The van der Waals surface area contributed by atoms with Crippen molar-refractivity contribution in [3.8, 4) is 11.5 Å². The highest BCUT2D eigenvalue weighted by Gasteiger charge is 2.17. The van der Waals surface area contributed by atoms with Crippen LogP contribution in [-0.2, 0) is 4.79 Å². The third-order valence-corrected chi connectivity index (χ3v) is 2.06. The van der Waals surface area contributed by atoms with Gasteiger partial charge in [0.25, 0.3) is 0 Å². The van der Waals surface area contributed by atoms with E-state index in [1.165, 1.54) is 0 Å². The highest BCUT2D eigenvalue weighted by molar-refractivity contribution is 5.79. The Morgan fingerprint density at radius 2 is 2.36 bits per heavy atom. The maximum atomic E-state index is 11.2. The lowest BCUT2D eigenvalue weighted by Gasteiger charge is -2.10. The van der Waals surface area contributed by atoms with Gasteiger partial charge in [-0.25, -0.2) is 0 Å². The van der Waals surface area contributed by atoms with Gasteiger partial charge in [0.1, 0.15) is 0 Å². The second kappa shape index (κ2) is 3.57. The molecule has 1 aromatic carbocycles. The lowest BCUT2D eigenvalue weighted by molar-refractivity contribution is -0.133. The minimum Gasteiger partial charge on any atom is -0.493 e. The Morgan fingerprint density at radius 1 is 1.50 bits per heavy atom. The number of rotatable bonds is 1. The lowest BCUT2D eigenvalue weighted by atomic mass is 10.2. The fraction of sp³-hybridized carbons (Fsp3) is 0.300. The molecule has 1 aliphatic heterocycles. The van der Waals surface area contributed by atoms with Crippen molar-refractivity contribution in [1.82, 2.24) is 0 Å². The molecule has 2 rings (SSSR count). The highest BCUT2D eigenvalue weighted by atomic mass is 16.6. The summed E-state index contributed by atoms with van der Waals surface area (Å²) in [4.78, 5) is 11.2. The quantitative estimate of drug-likeness (QED) is 0.541. The van der Waals surface area contributed by atoms with Crippen LogP contribution in [-0.4, -0.2) is 19.6 Å². The van der Waals surface area contributed by atoms with E-state index in [0.717, 1.165) is 5.69 Å². The van der Waals surface area contributed by atoms with Crippen LogP contribution >= 0.6 is 0 Å². The lowest BCUT2D eigenvalue weighted by Crippen LogP contribution is -2.08. The van der Waals surface area contributed by atoms with Gasteiger partial charge >= 0.3 is 5.97 Å². The number of ether oxygens (including phenoxy) is 2. The second-order valence-electron chi connectivity index (χ2n) is 2.99. The van der Waals surface area contributed by atoms with Crippen molar-refractivity contribution < 1.29 is 14.3 Å². The zero-order valence-electron chi connectivity index (χ0n) is 7.87. The second-order valence-corrected chi connectivity index (χ2v) is 2.99. The molecule has 1 heterocycles. The number of methoxy groups -OCH3 is 1. The predicted octanol–water partition coefficient (Wildman–Crippen LogP) is 1.42. The summed E-state index contributed by atoms with van der Waals surface area (Å²) in [6, 6.07) is 5.47. The SMILES string of the molecule is COc1cccc2c1OC(=O)CCN2. The molecule has 0 fully saturated rings. The normalized spacial score (nSPS) is 14.8. The Bertz CT molecular complexity index is 362. The van der Waals surface area contributed by atoms with Crippen molar-refractivity contribution in [3.05, 3.63) is 18.2 Å². The first-order chi connectivity index (χ1) is 6.81. The molecule has 0 saturated heterocycles. The maximum Gasteiger partial charge on any atom is 0.313 e. The first-order valence-electron chi connectivity index (χ1n) is 4.43. The van der Waals surface area contributed by atoms with Gasteiger partial charge in [-0.3, -0.25) is 4.79 Å². The molecule has 0 saturated carbocycles. The molecule has 0 aliphatic carbocycles. The van der Waals surface area contributed by atoms with Crippen LogP contribution in [0.1, 0.15) is 6.42 Å². The molecule has 0 atom stereocenters. The molecule has 0 radical (unpaired) electrons. The van der Waals surface area contributed by atoms with Crippen LogP contribution in [0.4, 0.5) is 5.69 Å². The Labute approximate surface area is 81.8 Å². The molecule has 0 unspecified atom stereocenters. The molecule has 0 spiro atoms. The first-order valence-corrected chi connectivity index (χ1v) is 4.43. The van der Waals surface area contributed by atoms with Gasteiger partial charge in [-0.1, -0.05) is 6.07 Å². The minimum atomic E-state index is -0.235. The molecule has 1 aliphatic rings. The fourth-order valence-corrected chi connectivity index (χ4v) is 1.39. The van der Waals surface area contributed by atoms with E-state index in [-0.39, 0.29) is 5.97 Å². The number of carbonyl (C=O) groups is 1. The van der Waals surface area contributed by atoms with Crippen molar-refractivity contribution in [2.75, 3.05) is 19.0 Å². The zero-order valence-corrected chi connectivity index (χ0v) is 7.87. The van der Waals surface area contributed by atoms with Crippen LogP contribution < -0.4 is 14.8 Å². The van der Waals surface area contributed by atoms with Crippen LogP contribution in [0.15, 0.2) is 18.2 Å². The van der Waals surface area contributed by atoms with E-state index in [0.29, 0.717) is 24.5 Å². The van der Waals surface area contributed by atoms with Gasteiger partial charge < -0.3 is 14.8 Å². The van der Waals surface area contributed by atoms with Crippen molar-refractivity contribution in [1.29, 1.82) is 0 Å². The van der Waals surface area contributed by atoms with E-state index < -0.39 is 0 Å². The molecular formula is C10H11NO3. The molecule has 0 bridgehead atoms. The van der Waals surface area contributed by atoms with Crippen LogP contribution in [0.5, 0.6) is 11.5 Å². The van der Waals surface area contributed by atoms with Gasteiger partial charge in [0, 0.05) is 6.54 Å². The molecule has 14 heavy (non-hydrogen) atoms. The Kier molecular flexibility index (Phi) is 2.26. The van der Waals surface area contributed by atoms with Crippen molar-refractivity contribution in [2.45, 2.75) is 6.42 Å². The number of anilines is 1. The summed E-state index contributed by atoms with van der Waals surface area (Å²) in [7, 11) is 1.55. The van der Waals surface area contributed by atoms with Gasteiger partial charge in [0.2, 0.25) is 0 Å². The number of para-hydroxylation sites is 1. The summed E-state index contributed by atoms with van der Waals surface area (Å²) in [5, 5.41) is 3.10. The topological polar surface area (TPSA) is 47.6 Å². The van der Waals surface area contributed by atoms with Crippen molar-refractivity contribution >= 4 is 11.7 Å². The van der Waals surface area contributed by atoms with Gasteiger partial charge in [0.05, 0.1) is 19.2 Å². The average Bonchev–Trinajstić information content (AvgIpc) is 2.38. The van der Waals surface area contributed by atoms with Crippen LogP contribution in [0, 0.1) is 0 Å². The Balaban J connectivity index is 2.45. The van der Waals surface area contributed by atoms with E-state index in [9.17, 15) is 4.79 Å². The number of esters is 1. The van der Waals surface area contributed by atoms with E-state index >= 15 is 0 Å². The summed E-state index contributed by atoms with van der Waals surface area (Å²) in [6.07, 6.45) is 0.373. The molecule has 1 aromatic rings. The fourth-order valence-electron chi connectivity index (χ4n) is 1.39. The molecule has 1 N–H and O–H groups in total. The summed E-state index contributed by atoms with van der Waals surface area (Å²) in [5.74, 6) is 0.823. The average molecular weight is 193 g/mol. The highest BCUT2D eigenvalue weighted by Crippen LogP contribution is 2.36. The van der Waals surface area contributed by atoms with E-state index in [4.69, 9.17) is 9.47 Å². The van der Waals surface area contributed by atoms with E-state index in [2.05, 4.69) is 5.32 Å². The summed E-state index contributed by atoms with van der Waals surface area (Å²) >= 11 is 0. The number of benzene rings is 1. The number of hydrogen-bond acceptors (Lipinski definition) is 4. The molecule has 4 heteroatoms. The number of hydrogen-bond donors (Lipinski definition) is 1. The first kappa shape index (κ1) is 8.87. The third kappa shape index (κ3) is 1.51.